The van der Waals surface area contributed by atoms with Crippen LogP contribution in [-0.2, 0) is 11.2 Å². The van der Waals surface area contributed by atoms with Crippen LogP contribution in [0.2, 0.25) is 0 Å². The van der Waals surface area contributed by atoms with E-state index >= 15 is 0 Å². The molecule has 1 aromatic rings. The van der Waals surface area contributed by atoms with Crippen LogP contribution in [0.1, 0.15) is 25.3 Å². The molecule has 0 aliphatic carbocycles. The molecule has 1 aliphatic rings. The van der Waals surface area contributed by atoms with Gasteiger partial charge in [-0.3, -0.25) is 9.79 Å². The van der Waals surface area contributed by atoms with Gasteiger partial charge in [-0.15, -0.1) is 24.0 Å². The van der Waals surface area contributed by atoms with E-state index in [1.165, 1.54) is 24.2 Å². The lowest BCUT2D eigenvalue weighted by Crippen LogP contribution is -2.44. The number of ether oxygens (including phenoxy) is 1. The van der Waals surface area contributed by atoms with Crippen LogP contribution < -0.4 is 21.1 Å². The van der Waals surface area contributed by atoms with E-state index in [9.17, 15) is 4.79 Å². The van der Waals surface area contributed by atoms with Gasteiger partial charge in [0.2, 0.25) is 0 Å². The number of benzene rings is 1. The first-order chi connectivity index (χ1) is 12.0. The average molecular weight is 492 g/mol. The van der Waals surface area contributed by atoms with Crippen molar-refractivity contribution < 1.29 is 9.53 Å². The second kappa shape index (κ2) is 11.5. The Bertz CT molecular complexity index is 589. The van der Waals surface area contributed by atoms with Gasteiger partial charge in [-0.2, -0.15) is 11.8 Å². The molecule has 8 heteroatoms. The number of guanidine groups is 1. The lowest BCUT2D eigenvalue weighted by atomic mass is 10.1. The highest BCUT2D eigenvalue weighted by Gasteiger charge is 2.29. The third-order valence-corrected chi connectivity index (χ3v) is 5.70. The Morgan fingerprint density at radius 2 is 2.08 bits per heavy atom. The molecule has 1 unspecified atom stereocenters. The standard InChI is InChI=1S/C18H28N4O2S.HI/c1-18(9-3-11-25-18)13-22-17(20-2)21-10-8-14-4-6-15(7-5-14)24-12-16(19)23;/h4-7H,3,8-13H2,1-2H3,(H2,19,23)(H2,20,21,22);1H. The number of thioether (sulfide) groups is 1. The molecular formula is C18H29IN4O2S. The molecule has 0 bridgehead atoms. The fraction of sp³-hybridized carbons (Fsp3) is 0.556. The highest BCUT2D eigenvalue weighted by atomic mass is 127. The zero-order valence-corrected chi connectivity index (χ0v) is 18.6. The summed E-state index contributed by atoms with van der Waals surface area (Å²) in [6.07, 6.45) is 3.43. The predicted molar refractivity (Wildman–Crippen MR) is 120 cm³/mol. The molecule has 0 saturated carbocycles. The van der Waals surface area contributed by atoms with Crippen LogP contribution in [-0.4, -0.2) is 49.1 Å². The molecule has 1 amide bonds. The zero-order chi connectivity index (χ0) is 18.1. The molecule has 1 aromatic carbocycles. The van der Waals surface area contributed by atoms with Gasteiger partial charge in [-0.05, 0) is 49.6 Å². The molecule has 26 heavy (non-hydrogen) atoms. The molecular weight excluding hydrogens is 463 g/mol. The van der Waals surface area contributed by atoms with Crippen molar-refractivity contribution >= 4 is 47.6 Å². The van der Waals surface area contributed by atoms with Gasteiger partial charge < -0.3 is 21.1 Å². The molecule has 0 aromatic heterocycles. The molecule has 0 spiro atoms. The number of hydrogen-bond donors (Lipinski definition) is 3. The maximum absolute atomic E-state index is 10.7. The van der Waals surface area contributed by atoms with Crippen molar-refractivity contribution in [1.29, 1.82) is 0 Å². The minimum absolute atomic E-state index is 0. The second-order valence-corrected chi connectivity index (χ2v) is 8.09. The number of nitrogens with two attached hydrogens (primary N) is 1. The van der Waals surface area contributed by atoms with Crippen molar-refractivity contribution in [1.82, 2.24) is 10.6 Å². The van der Waals surface area contributed by atoms with Gasteiger partial charge in [0.25, 0.3) is 5.91 Å². The zero-order valence-electron chi connectivity index (χ0n) is 15.4. The van der Waals surface area contributed by atoms with Crippen molar-refractivity contribution in [2.75, 3.05) is 32.5 Å². The lowest BCUT2D eigenvalue weighted by molar-refractivity contribution is -0.119. The molecule has 0 radical (unpaired) electrons. The van der Waals surface area contributed by atoms with Gasteiger partial charge >= 0.3 is 0 Å². The number of amides is 1. The molecule has 1 heterocycles. The normalized spacial score (nSPS) is 19.5. The molecule has 1 aliphatic heterocycles. The third kappa shape index (κ3) is 8.03. The summed E-state index contributed by atoms with van der Waals surface area (Å²) in [7, 11) is 1.80. The molecule has 6 nitrogen and oxygen atoms in total. The van der Waals surface area contributed by atoms with Crippen molar-refractivity contribution in [2.24, 2.45) is 10.7 Å². The molecule has 4 N–H and O–H groups in total. The largest absolute Gasteiger partial charge is 0.484 e. The van der Waals surface area contributed by atoms with E-state index in [2.05, 4.69) is 22.5 Å². The maximum atomic E-state index is 10.7. The summed E-state index contributed by atoms with van der Waals surface area (Å²) in [5, 5.41) is 6.78. The number of hydrogen-bond acceptors (Lipinski definition) is 4. The Labute approximate surface area is 177 Å². The molecule has 1 atom stereocenters. The van der Waals surface area contributed by atoms with Crippen LogP contribution in [0.25, 0.3) is 0 Å². The van der Waals surface area contributed by atoms with Crippen molar-refractivity contribution in [2.45, 2.75) is 30.9 Å². The molecule has 1 fully saturated rings. The van der Waals surface area contributed by atoms with E-state index in [0.29, 0.717) is 10.5 Å². The van der Waals surface area contributed by atoms with Crippen LogP contribution in [0, 0.1) is 0 Å². The first kappa shape index (κ1) is 22.9. The molecule has 2 rings (SSSR count). The van der Waals surface area contributed by atoms with Gasteiger partial charge in [0.1, 0.15) is 5.75 Å². The number of rotatable bonds is 8. The Hall–Kier alpha value is -1.16. The first-order valence-corrected chi connectivity index (χ1v) is 9.58. The Balaban J connectivity index is 0.00000338. The highest BCUT2D eigenvalue weighted by Crippen LogP contribution is 2.36. The van der Waals surface area contributed by atoms with Crippen LogP contribution in [0.15, 0.2) is 29.3 Å². The lowest BCUT2D eigenvalue weighted by Gasteiger charge is -2.24. The van der Waals surface area contributed by atoms with Crippen LogP contribution in [0.4, 0.5) is 0 Å². The molecule has 1 saturated heterocycles. The monoisotopic (exact) mass is 492 g/mol. The van der Waals surface area contributed by atoms with Crippen LogP contribution in [0.3, 0.4) is 0 Å². The van der Waals surface area contributed by atoms with E-state index in [1.54, 1.807) is 7.05 Å². The number of nitrogens with zero attached hydrogens (tertiary/aromatic N) is 1. The summed E-state index contributed by atoms with van der Waals surface area (Å²) in [6, 6.07) is 7.68. The van der Waals surface area contributed by atoms with Gasteiger partial charge in [-0.25, -0.2) is 0 Å². The quantitative estimate of drug-likeness (QED) is 0.294. The number of nitrogens with one attached hydrogen (secondary N) is 2. The van der Waals surface area contributed by atoms with Crippen molar-refractivity contribution in [3.8, 4) is 5.75 Å². The van der Waals surface area contributed by atoms with Gasteiger partial charge in [0.05, 0.1) is 0 Å². The highest BCUT2D eigenvalue weighted by molar-refractivity contribution is 14.0. The fourth-order valence-corrected chi connectivity index (χ4v) is 3.94. The summed E-state index contributed by atoms with van der Waals surface area (Å²) in [5.41, 5.74) is 6.25. The minimum Gasteiger partial charge on any atom is -0.484 e. The molecule has 146 valence electrons. The second-order valence-electron chi connectivity index (χ2n) is 6.40. The Morgan fingerprint density at radius 3 is 2.65 bits per heavy atom. The fourth-order valence-electron chi connectivity index (χ4n) is 2.70. The smallest absolute Gasteiger partial charge is 0.255 e. The van der Waals surface area contributed by atoms with E-state index in [1.807, 2.05) is 36.0 Å². The predicted octanol–water partition coefficient (Wildman–Crippen LogP) is 2.16. The summed E-state index contributed by atoms with van der Waals surface area (Å²) in [5.74, 6) is 2.27. The summed E-state index contributed by atoms with van der Waals surface area (Å²) in [4.78, 5) is 15.0. The van der Waals surface area contributed by atoms with Crippen LogP contribution >= 0.6 is 35.7 Å². The van der Waals surface area contributed by atoms with Gasteiger partial charge in [-0.1, -0.05) is 12.1 Å². The summed E-state index contributed by atoms with van der Waals surface area (Å²) in [6.45, 7) is 3.95. The number of primary amides is 1. The van der Waals surface area contributed by atoms with Crippen molar-refractivity contribution in [3.63, 3.8) is 0 Å². The first-order valence-electron chi connectivity index (χ1n) is 8.59. The van der Waals surface area contributed by atoms with Crippen LogP contribution in [0.5, 0.6) is 5.75 Å². The number of carbonyl (C=O) groups excluding carboxylic acids is 1. The van der Waals surface area contributed by atoms with Gasteiger partial charge in [0, 0.05) is 24.9 Å². The number of aliphatic imine (C=N–C) groups is 1. The topological polar surface area (TPSA) is 88.7 Å². The van der Waals surface area contributed by atoms with E-state index in [0.717, 1.165) is 25.5 Å². The maximum Gasteiger partial charge on any atom is 0.255 e. The third-order valence-electron chi connectivity index (χ3n) is 4.16. The Morgan fingerprint density at radius 1 is 1.35 bits per heavy atom. The van der Waals surface area contributed by atoms with Gasteiger partial charge in [0.15, 0.2) is 12.6 Å². The van der Waals surface area contributed by atoms with E-state index < -0.39 is 5.91 Å². The van der Waals surface area contributed by atoms with E-state index in [-0.39, 0.29) is 30.6 Å². The summed E-state index contributed by atoms with van der Waals surface area (Å²) >= 11 is 2.04. The van der Waals surface area contributed by atoms with Crippen molar-refractivity contribution in [3.05, 3.63) is 29.8 Å². The number of halogens is 1. The summed E-state index contributed by atoms with van der Waals surface area (Å²) < 4.78 is 5.57. The number of carbonyl (C=O) groups is 1. The average Bonchev–Trinajstić information content (AvgIpc) is 3.04. The minimum atomic E-state index is -0.475. The SMILES string of the molecule is CN=C(NCCc1ccc(OCC(N)=O)cc1)NCC1(C)CCCS1.I. The Kier molecular flexibility index (Phi) is 10.1. The van der Waals surface area contributed by atoms with E-state index in [4.69, 9.17) is 10.5 Å².